The van der Waals surface area contributed by atoms with E-state index in [-0.39, 0.29) is 72.3 Å². The molecule has 1 amide bonds. The molecule has 2 unspecified atom stereocenters. The molecule has 0 bridgehead atoms. The maximum Gasteiger partial charge on any atom is 0.220 e. The minimum Gasteiger partial charge on any atom is -0.875 e. The number of rotatable bonds is 4. The molecule has 0 aromatic carbocycles. The summed E-state index contributed by atoms with van der Waals surface area (Å²) in [7, 11) is 0. The normalized spacial score (nSPS) is 28.4. The van der Waals surface area contributed by atoms with Gasteiger partial charge in [-0.1, -0.05) is 0 Å². The van der Waals surface area contributed by atoms with Crippen molar-refractivity contribution in [3.05, 3.63) is 11.3 Å². The van der Waals surface area contributed by atoms with Gasteiger partial charge in [0, 0.05) is 37.1 Å². The fourth-order valence-electron chi connectivity index (χ4n) is 2.98. The van der Waals surface area contributed by atoms with Gasteiger partial charge in [-0.25, -0.2) is 0 Å². The predicted molar refractivity (Wildman–Crippen MR) is 80.2 cm³/mol. The Kier molecular flexibility index (Phi) is 6.00. The molecule has 0 saturated heterocycles. The number of allylic oxidation sites excluding steroid dienone is 2. The van der Waals surface area contributed by atoms with Crippen molar-refractivity contribution in [2.75, 3.05) is 0 Å². The Bertz CT molecular complexity index is 500. The second kappa shape index (κ2) is 7.77. The Morgan fingerprint density at radius 1 is 1.23 bits per heavy atom. The van der Waals surface area contributed by atoms with Gasteiger partial charge in [-0.05, 0) is 37.7 Å². The number of halogens is 1. The lowest BCUT2D eigenvalue weighted by atomic mass is 9.90. The van der Waals surface area contributed by atoms with E-state index in [2.05, 4.69) is 5.32 Å². The van der Waals surface area contributed by atoms with Crippen LogP contribution in [0.1, 0.15) is 57.8 Å². The summed E-state index contributed by atoms with van der Waals surface area (Å²) in [4.78, 5) is 34.9. The van der Waals surface area contributed by atoms with Crippen molar-refractivity contribution in [2.45, 2.75) is 69.2 Å². The second-order valence-electron chi connectivity index (χ2n) is 6.07. The number of amides is 1. The lowest BCUT2D eigenvalue weighted by Crippen LogP contribution is -2.38. The van der Waals surface area contributed by atoms with E-state index in [1.165, 1.54) is 0 Å². The molecule has 6 heteroatoms. The van der Waals surface area contributed by atoms with Crippen molar-refractivity contribution in [3.63, 3.8) is 0 Å². The molecular weight excluding hydrogens is 306 g/mol. The SMILES string of the molecule is O=C1CCC(=O)/C(=C(/[O-])CCC(=O)NC2CCCC(Cl)C2)C1. The molecule has 0 aromatic heterocycles. The van der Waals surface area contributed by atoms with Crippen molar-refractivity contribution < 1.29 is 19.5 Å². The molecule has 2 atom stereocenters. The standard InChI is InChI=1S/C16H22ClNO4/c17-10-2-1-3-11(8-10)18-16(22)7-6-15(21)13-9-12(19)4-5-14(13)20/h10-11,21H,1-9H2,(H,18,22)/p-1/b15-13+. The molecule has 2 aliphatic rings. The fraction of sp³-hybridized carbons (Fsp3) is 0.688. The van der Waals surface area contributed by atoms with E-state index < -0.39 is 0 Å². The molecule has 2 rings (SSSR count). The minimum absolute atomic E-state index is 0.0167. The van der Waals surface area contributed by atoms with Gasteiger partial charge in [0.25, 0.3) is 0 Å². The zero-order chi connectivity index (χ0) is 16.1. The first-order valence-corrected chi connectivity index (χ1v) is 8.26. The summed E-state index contributed by atoms with van der Waals surface area (Å²) in [6.07, 6.45) is 3.93. The highest BCUT2D eigenvalue weighted by molar-refractivity contribution is 6.20. The Labute approximate surface area is 135 Å². The number of hydrogen-bond acceptors (Lipinski definition) is 4. The van der Waals surface area contributed by atoms with Crippen molar-refractivity contribution in [2.24, 2.45) is 0 Å². The van der Waals surface area contributed by atoms with Crippen LogP contribution in [0.5, 0.6) is 0 Å². The maximum absolute atomic E-state index is 12.0. The number of carbonyl (C=O) groups excluding carboxylic acids is 3. The number of carbonyl (C=O) groups is 3. The van der Waals surface area contributed by atoms with Gasteiger partial charge in [-0.15, -0.1) is 17.4 Å². The highest BCUT2D eigenvalue weighted by Gasteiger charge is 2.23. The largest absolute Gasteiger partial charge is 0.875 e. The van der Waals surface area contributed by atoms with E-state index in [1.54, 1.807) is 0 Å². The highest BCUT2D eigenvalue weighted by Crippen LogP contribution is 2.23. The van der Waals surface area contributed by atoms with Crippen LogP contribution in [0.4, 0.5) is 0 Å². The van der Waals surface area contributed by atoms with Crippen LogP contribution in [-0.2, 0) is 14.4 Å². The third-order valence-corrected chi connectivity index (χ3v) is 4.63. The number of nitrogens with one attached hydrogen (secondary N) is 1. The summed E-state index contributed by atoms with van der Waals surface area (Å²) in [6, 6.07) is 0.0735. The Morgan fingerprint density at radius 3 is 2.73 bits per heavy atom. The quantitative estimate of drug-likeness (QED) is 0.480. The lowest BCUT2D eigenvalue weighted by molar-refractivity contribution is -0.308. The third-order valence-electron chi connectivity index (χ3n) is 4.23. The summed E-state index contributed by atoms with van der Waals surface area (Å²) >= 11 is 6.08. The van der Waals surface area contributed by atoms with Crippen molar-refractivity contribution in [3.8, 4) is 0 Å². The summed E-state index contributed by atoms with van der Waals surface area (Å²) in [6.45, 7) is 0. The molecule has 0 aromatic rings. The topological polar surface area (TPSA) is 86.3 Å². The van der Waals surface area contributed by atoms with E-state index in [1.807, 2.05) is 0 Å². The van der Waals surface area contributed by atoms with Crippen LogP contribution >= 0.6 is 11.6 Å². The van der Waals surface area contributed by atoms with Gasteiger partial charge in [0.2, 0.25) is 5.91 Å². The first-order valence-electron chi connectivity index (χ1n) is 7.83. The zero-order valence-electron chi connectivity index (χ0n) is 12.5. The van der Waals surface area contributed by atoms with Crippen LogP contribution in [0.15, 0.2) is 11.3 Å². The van der Waals surface area contributed by atoms with E-state index >= 15 is 0 Å². The lowest BCUT2D eigenvalue weighted by Gasteiger charge is -2.26. The average Bonchev–Trinajstić information content (AvgIpc) is 2.47. The van der Waals surface area contributed by atoms with Crippen molar-refractivity contribution in [1.82, 2.24) is 5.32 Å². The van der Waals surface area contributed by atoms with Crippen LogP contribution in [0.3, 0.4) is 0 Å². The summed E-state index contributed by atoms with van der Waals surface area (Å²) in [5.74, 6) is -0.892. The molecule has 2 fully saturated rings. The van der Waals surface area contributed by atoms with E-state index in [4.69, 9.17) is 11.6 Å². The predicted octanol–water partition coefficient (Wildman–Crippen LogP) is 1.37. The van der Waals surface area contributed by atoms with Crippen LogP contribution < -0.4 is 10.4 Å². The van der Waals surface area contributed by atoms with Gasteiger partial charge >= 0.3 is 0 Å². The van der Waals surface area contributed by atoms with Gasteiger partial charge in [-0.3, -0.25) is 14.4 Å². The van der Waals surface area contributed by atoms with Gasteiger partial charge in [-0.2, -0.15) is 0 Å². The molecular formula is C16H21ClNO4-. The number of alkyl halides is 1. The molecule has 1 N–H and O–H groups in total. The fourth-order valence-corrected chi connectivity index (χ4v) is 3.35. The van der Waals surface area contributed by atoms with Crippen LogP contribution in [-0.4, -0.2) is 28.9 Å². The molecule has 0 aliphatic heterocycles. The monoisotopic (exact) mass is 326 g/mol. The van der Waals surface area contributed by atoms with Gasteiger partial charge in [0.1, 0.15) is 5.78 Å². The smallest absolute Gasteiger partial charge is 0.220 e. The number of ketones is 2. The zero-order valence-corrected chi connectivity index (χ0v) is 13.3. The first kappa shape index (κ1) is 17.0. The molecule has 0 radical (unpaired) electrons. The van der Waals surface area contributed by atoms with Gasteiger partial charge in [0.15, 0.2) is 5.78 Å². The molecule has 0 spiro atoms. The summed E-state index contributed by atoms with van der Waals surface area (Å²) < 4.78 is 0. The van der Waals surface area contributed by atoms with E-state index in [9.17, 15) is 19.5 Å². The molecule has 2 saturated carbocycles. The summed E-state index contributed by atoms with van der Waals surface area (Å²) in [5.41, 5.74) is 0.0718. The Balaban J connectivity index is 1.82. The highest BCUT2D eigenvalue weighted by atomic mass is 35.5. The molecule has 122 valence electrons. The summed E-state index contributed by atoms with van der Waals surface area (Å²) in [5, 5.41) is 15.0. The van der Waals surface area contributed by atoms with Gasteiger partial charge < -0.3 is 10.4 Å². The molecule has 5 nitrogen and oxygen atoms in total. The van der Waals surface area contributed by atoms with E-state index in [0.29, 0.717) is 0 Å². The number of Topliss-reactive ketones (excluding diaryl/α,β-unsaturated/α-hetero) is 2. The van der Waals surface area contributed by atoms with Crippen LogP contribution in [0.25, 0.3) is 0 Å². The third kappa shape index (κ3) is 4.83. The number of hydrogen-bond donors (Lipinski definition) is 1. The Hall–Kier alpha value is -1.36. The Morgan fingerprint density at radius 2 is 2.00 bits per heavy atom. The maximum atomic E-state index is 12.0. The van der Waals surface area contributed by atoms with E-state index in [0.717, 1.165) is 25.7 Å². The van der Waals surface area contributed by atoms with Crippen LogP contribution in [0, 0.1) is 0 Å². The minimum atomic E-state index is -0.368. The second-order valence-corrected chi connectivity index (χ2v) is 6.69. The van der Waals surface area contributed by atoms with Crippen LogP contribution in [0.2, 0.25) is 0 Å². The van der Waals surface area contributed by atoms with Crippen molar-refractivity contribution >= 4 is 29.1 Å². The molecule has 2 aliphatic carbocycles. The first-order chi connectivity index (χ1) is 10.5. The van der Waals surface area contributed by atoms with Crippen molar-refractivity contribution in [1.29, 1.82) is 0 Å². The molecule has 22 heavy (non-hydrogen) atoms. The molecule has 0 heterocycles. The average molecular weight is 327 g/mol. The van der Waals surface area contributed by atoms with Gasteiger partial charge in [0.05, 0.1) is 0 Å².